The Labute approximate surface area is 192 Å². The third-order valence-electron chi connectivity index (χ3n) is 6.10. The molecular formula is C25H27N3O5. The van der Waals surface area contributed by atoms with E-state index in [1.54, 1.807) is 29.0 Å². The molecule has 2 aromatic rings. The summed E-state index contributed by atoms with van der Waals surface area (Å²) >= 11 is 0. The molecule has 2 aliphatic heterocycles. The molecule has 172 valence electrons. The summed E-state index contributed by atoms with van der Waals surface area (Å²) in [5, 5.41) is 0. The Morgan fingerprint density at radius 2 is 1.36 bits per heavy atom. The van der Waals surface area contributed by atoms with Gasteiger partial charge in [-0.15, -0.1) is 0 Å². The molecule has 1 fully saturated rings. The number of amides is 4. The number of imide groups is 1. The van der Waals surface area contributed by atoms with Crippen molar-refractivity contribution in [1.29, 1.82) is 0 Å². The van der Waals surface area contributed by atoms with E-state index in [1.807, 2.05) is 31.2 Å². The van der Waals surface area contributed by atoms with Crippen molar-refractivity contribution >= 4 is 23.6 Å². The lowest BCUT2D eigenvalue weighted by Gasteiger charge is -2.35. The zero-order valence-corrected chi connectivity index (χ0v) is 18.9. The van der Waals surface area contributed by atoms with Crippen molar-refractivity contribution in [3.8, 4) is 0 Å². The maximum atomic E-state index is 13.1. The molecule has 2 aromatic carbocycles. The molecule has 0 radical (unpaired) electrons. The van der Waals surface area contributed by atoms with E-state index in [-0.39, 0.29) is 35.7 Å². The van der Waals surface area contributed by atoms with Gasteiger partial charge >= 0.3 is 0 Å². The Hall–Kier alpha value is -3.52. The molecule has 0 N–H and O–H groups in total. The smallest absolute Gasteiger partial charge is 0.261 e. The standard InChI is InChI=1S/C25H27N3O5/c1-17-4-6-18(7-5-17)22(29)26-11-13-27(14-12-26)23(30)19-8-9-20-21(16-19)25(32)28(24(20)31)10-3-15-33-2/h4-9,16H,3,10-15H2,1-2H3. The van der Waals surface area contributed by atoms with Gasteiger partial charge < -0.3 is 14.5 Å². The maximum absolute atomic E-state index is 13.1. The van der Waals surface area contributed by atoms with E-state index in [9.17, 15) is 19.2 Å². The molecule has 0 saturated carbocycles. The summed E-state index contributed by atoms with van der Waals surface area (Å²) in [6.45, 7) is 4.39. The molecule has 0 unspecified atom stereocenters. The van der Waals surface area contributed by atoms with Crippen molar-refractivity contribution in [2.24, 2.45) is 0 Å². The number of piperazine rings is 1. The van der Waals surface area contributed by atoms with E-state index in [1.165, 1.54) is 11.0 Å². The quantitative estimate of drug-likeness (QED) is 0.499. The molecule has 0 bridgehead atoms. The topological polar surface area (TPSA) is 87.2 Å². The average molecular weight is 450 g/mol. The highest BCUT2D eigenvalue weighted by Gasteiger charge is 2.36. The van der Waals surface area contributed by atoms with E-state index in [2.05, 4.69) is 0 Å². The van der Waals surface area contributed by atoms with E-state index < -0.39 is 0 Å². The molecule has 0 atom stereocenters. The largest absolute Gasteiger partial charge is 0.385 e. The fourth-order valence-corrected chi connectivity index (χ4v) is 4.17. The van der Waals surface area contributed by atoms with Gasteiger partial charge in [-0.3, -0.25) is 24.1 Å². The fraction of sp³-hybridized carbons (Fsp3) is 0.360. The molecule has 8 heteroatoms. The van der Waals surface area contributed by atoms with Gasteiger partial charge in [-0.2, -0.15) is 0 Å². The van der Waals surface area contributed by atoms with Gasteiger partial charge in [0, 0.05) is 57.6 Å². The van der Waals surface area contributed by atoms with Crippen molar-refractivity contribution < 1.29 is 23.9 Å². The number of nitrogens with zero attached hydrogens (tertiary/aromatic N) is 3. The first-order valence-electron chi connectivity index (χ1n) is 11.0. The Balaban J connectivity index is 1.40. The van der Waals surface area contributed by atoms with Crippen molar-refractivity contribution in [1.82, 2.24) is 14.7 Å². The summed E-state index contributed by atoms with van der Waals surface area (Å²) in [4.78, 5) is 55.7. The van der Waals surface area contributed by atoms with Crippen LogP contribution in [0.5, 0.6) is 0 Å². The highest BCUT2D eigenvalue weighted by molar-refractivity contribution is 6.22. The van der Waals surface area contributed by atoms with Gasteiger partial charge in [-0.05, 0) is 43.7 Å². The summed E-state index contributed by atoms with van der Waals surface area (Å²) in [6, 6.07) is 12.1. The predicted octanol–water partition coefficient (Wildman–Crippen LogP) is 2.23. The van der Waals surface area contributed by atoms with Crippen molar-refractivity contribution in [2.45, 2.75) is 13.3 Å². The highest BCUT2D eigenvalue weighted by atomic mass is 16.5. The van der Waals surface area contributed by atoms with Crippen LogP contribution >= 0.6 is 0 Å². The van der Waals surface area contributed by atoms with Crippen molar-refractivity contribution in [3.05, 3.63) is 70.3 Å². The Morgan fingerprint density at radius 3 is 1.97 bits per heavy atom. The number of ether oxygens (including phenoxy) is 1. The molecule has 8 nitrogen and oxygen atoms in total. The van der Waals surface area contributed by atoms with Crippen LogP contribution in [0.4, 0.5) is 0 Å². The Kier molecular flexibility index (Phi) is 6.55. The minimum absolute atomic E-state index is 0.0442. The first kappa shape index (κ1) is 22.7. The monoisotopic (exact) mass is 449 g/mol. The number of rotatable bonds is 6. The zero-order chi connectivity index (χ0) is 23.5. The van der Waals surface area contributed by atoms with Crippen LogP contribution in [0.2, 0.25) is 0 Å². The van der Waals surface area contributed by atoms with Crippen LogP contribution in [-0.4, -0.2) is 84.8 Å². The van der Waals surface area contributed by atoms with Crippen LogP contribution in [-0.2, 0) is 4.74 Å². The molecule has 2 heterocycles. The third kappa shape index (κ3) is 4.52. The number of carbonyl (C=O) groups excluding carboxylic acids is 4. The molecule has 1 saturated heterocycles. The molecule has 0 aromatic heterocycles. The normalized spacial score (nSPS) is 15.8. The summed E-state index contributed by atoms with van der Waals surface area (Å²) in [5.41, 5.74) is 2.68. The van der Waals surface area contributed by atoms with Gasteiger partial charge in [0.25, 0.3) is 23.6 Å². The molecule has 4 amide bonds. The molecule has 33 heavy (non-hydrogen) atoms. The molecular weight excluding hydrogens is 422 g/mol. The predicted molar refractivity (Wildman–Crippen MR) is 121 cm³/mol. The number of methoxy groups -OCH3 is 1. The van der Waals surface area contributed by atoms with E-state index in [4.69, 9.17) is 4.74 Å². The maximum Gasteiger partial charge on any atom is 0.261 e. The van der Waals surface area contributed by atoms with Gasteiger partial charge in [0.1, 0.15) is 0 Å². The number of aryl methyl sites for hydroxylation is 1. The van der Waals surface area contributed by atoms with Gasteiger partial charge in [-0.25, -0.2) is 0 Å². The molecule has 0 spiro atoms. The van der Waals surface area contributed by atoms with Gasteiger partial charge in [0.2, 0.25) is 0 Å². The lowest BCUT2D eigenvalue weighted by molar-refractivity contribution is 0.0535. The number of hydrogen-bond acceptors (Lipinski definition) is 5. The number of benzene rings is 2. The summed E-state index contributed by atoms with van der Waals surface area (Å²) in [7, 11) is 1.57. The second-order valence-corrected chi connectivity index (χ2v) is 8.32. The number of hydrogen-bond donors (Lipinski definition) is 0. The Bertz CT molecular complexity index is 1090. The lowest BCUT2D eigenvalue weighted by atomic mass is 10.0. The fourth-order valence-electron chi connectivity index (χ4n) is 4.17. The lowest BCUT2D eigenvalue weighted by Crippen LogP contribution is -2.50. The second-order valence-electron chi connectivity index (χ2n) is 8.32. The van der Waals surface area contributed by atoms with Crippen LogP contribution in [0, 0.1) is 6.92 Å². The van der Waals surface area contributed by atoms with Crippen molar-refractivity contribution in [2.75, 3.05) is 46.4 Å². The summed E-state index contributed by atoms with van der Waals surface area (Å²) in [5.74, 6) is -0.974. The molecule has 0 aliphatic carbocycles. The highest BCUT2D eigenvalue weighted by Crippen LogP contribution is 2.25. The van der Waals surface area contributed by atoms with Crippen LogP contribution in [0.1, 0.15) is 53.4 Å². The molecule has 2 aliphatic rings. The number of carbonyl (C=O) groups is 4. The van der Waals surface area contributed by atoms with Crippen LogP contribution in [0.15, 0.2) is 42.5 Å². The Morgan fingerprint density at radius 1 is 0.818 bits per heavy atom. The first-order chi connectivity index (χ1) is 15.9. The zero-order valence-electron chi connectivity index (χ0n) is 18.9. The van der Waals surface area contributed by atoms with Gasteiger partial charge in [0.15, 0.2) is 0 Å². The van der Waals surface area contributed by atoms with E-state index in [0.29, 0.717) is 55.9 Å². The summed E-state index contributed by atoms with van der Waals surface area (Å²) < 4.78 is 5.00. The van der Waals surface area contributed by atoms with Crippen molar-refractivity contribution in [3.63, 3.8) is 0 Å². The van der Waals surface area contributed by atoms with Gasteiger partial charge in [-0.1, -0.05) is 17.7 Å². The SMILES string of the molecule is COCCCN1C(=O)c2ccc(C(=O)N3CCN(C(=O)c4ccc(C)cc4)CC3)cc2C1=O. The minimum atomic E-state index is -0.380. The van der Waals surface area contributed by atoms with Crippen LogP contribution in [0.3, 0.4) is 0 Å². The third-order valence-corrected chi connectivity index (χ3v) is 6.10. The van der Waals surface area contributed by atoms with Gasteiger partial charge in [0.05, 0.1) is 11.1 Å². The minimum Gasteiger partial charge on any atom is -0.385 e. The first-order valence-corrected chi connectivity index (χ1v) is 11.0. The number of fused-ring (bicyclic) bond motifs is 1. The summed E-state index contributed by atoms with van der Waals surface area (Å²) in [6.07, 6.45) is 0.555. The van der Waals surface area contributed by atoms with Crippen LogP contribution < -0.4 is 0 Å². The molecule has 4 rings (SSSR count). The van der Waals surface area contributed by atoms with Crippen LogP contribution in [0.25, 0.3) is 0 Å². The van der Waals surface area contributed by atoms with E-state index in [0.717, 1.165) is 5.56 Å². The second kappa shape index (κ2) is 9.54. The average Bonchev–Trinajstić information content (AvgIpc) is 3.08. The van der Waals surface area contributed by atoms with E-state index >= 15 is 0 Å².